The topological polar surface area (TPSA) is 58.2 Å². The molecule has 0 saturated carbocycles. The van der Waals surface area contributed by atoms with E-state index in [1.54, 1.807) is 0 Å². The molecule has 2 amide bonds. The molecule has 1 aromatic rings. The lowest BCUT2D eigenvalue weighted by Crippen LogP contribution is -2.33. The Morgan fingerprint density at radius 2 is 2.41 bits per heavy atom. The Hall–Kier alpha value is -1.07. The normalized spacial score (nSPS) is 19.1. The van der Waals surface area contributed by atoms with Crippen LogP contribution in [-0.2, 0) is 16.0 Å². The van der Waals surface area contributed by atoms with Crippen molar-refractivity contribution >= 4 is 34.8 Å². The van der Waals surface area contributed by atoms with Crippen LogP contribution in [0.2, 0.25) is 4.34 Å². The Morgan fingerprint density at radius 1 is 1.59 bits per heavy atom. The fraction of sp³-hybridized carbons (Fsp3) is 0.455. The van der Waals surface area contributed by atoms with Crippen molar-refractivity contribution in [3.8, 4) is 0 Å². The minimum Gasteiger partial charge on any atom is -0.355 e. The van der Waals surface area contributed by atoms with E-state index >= 15 is 0 Å². The van der Waals surface area contributed by atoms with Gasteiger partial charge in [0.05, 0.1) is 10.3 Å². The van der Waals surface area contributed by atoms with Crippen molar-refractivity contribution in [2.24, 2.45) is 5.92 Å². The monoisotopic (exact) mass is 272 g/mol. The molecular weight excluding hydrogens is 260 g/mol. The summed E-state index contributed by atoms with van der Waals surface area (Å²) in [5, 5.41) is 5.48. The van der Waals surface area contributed by atoms with E-state index in [1.165, 1.54) is 11.3 Å². The molecule has 0 radical (unpaired) electrons. The third kappa shape index (κ3) is 3.44. The maximum atomic E-state index is 11.7. The number of carbonyl (C=O) groups excluding carboxylic acids is 2. The van der Waals surface area contributed by atoms with E-state index in [1.807, 2.05) is 12.1 Å². The standard InChI is InChI=1S/C11H13ClN2O2S/c12-9-2-1-8(17-9)3-4-13-11(16)7-5-10(15)14-6-7/h1-2,7H,3-6H2,(H,13,16)(H,14,15). The van der Waals surface area contributed by atoms with Gasteiger partial charge in [0.15, 0.2) is 0 Å². The van der Waals surface area contributed by atoms with Crippen LogP contribution in [0.1, 0.15) is 11.3 Å². The number of hydrogen-bond donors (Lipinski definition) is 2. The minimum absolute atomic E-state index is 0.0461. The molecule has 1 fully saturated rings. The second kappa shape index (κ2) is 5.51. The molecule has 1 aliphatic heterocycles. The Kier molecular flexibility index (Phi) is 4.02. The van der Waals surface area contributed by atoms with E-state index in [0.717, 1.165) is 15.6 Å². The summed E-state index contributed by atoms with van der Waals surface area (Å²) >= 11 is 7.33. The zero-order chi connectivity index (χ0) is 12.3. The highest BCUT2D eigenvalue weighted by molar-refractivity contribution is 7.16. The first-order valence-electron chi connectivity index (χ1n) is 5.44. The zero-order valence-corrected chi connectivity index (χ0v) is 10.7. The number of amides is 2. The van der Waals surface area contributed by atoms with Gasteiger partial charge in [0.25, 0.3) is 0 Å². The van der Waals surface area contributed by atoms with Crippen LogP contribution in [0.4, 0.5) is 0 Å². The first-order chi connectivity index (χ1) is 8.15. The van der Waals surface area contributed by atoms with E-state index in [2.05, 4.69) is 10.6 Å². The second-order valence-electron chi connectivity index (χ2n) is 3.95. The number of hydrogen-bond acceptors (Lipinski definition) is 3. The van der Waals surface area contributed by atoms with Gasteiger partial charge >= 0.3 is 0 Å². The molecule has 2 N–H and O–H groups in total. The summed E-state index contributed by atoms with van der Waals surface area (Å²) in [4.78, 5) is 23.8. The molecule has 0 bridgehead atoms. The molecule has 1 saturated heterocycles. The number of halogens is 1. The largest absolute Gasteiger partial charge is 0.355 e. The molecule has 0 spiro atoms. The van der Waals surface area contributed by atoms with Crippen molar-refractivity contribution in [2.45, 2.75) is 12.8 Å². The second-order valence-corrected chi connectivity index (χ2v) is 5.75. The molecule has 2 heterocycles. The number of carbonyl (C=O) groups is 2. The Balaban J connectivity index is 1.71. The van der Waals surface area contributed by atoms with Crippen molar-refractivity contribution in [3.63, 3.8) is 0 Å². The van der Waals surface area contributed by atoms with Gasteiger partial charge in [-0.2, -0.15) is 0 Å². The molecule has 2 rings (SSSR count). The highest BCUT2D eigenvalue weighted by Crippen LogP contribution is 2.21. The SMILES string of the molecule is O=C1CC(C(=O)NCCc2ccc(Cl)s2)CN1. The van der Waals surface area contributed by atoms with Crippen molar-refractivity contribution in [3.05, 3.63) is 21.3 Å². The molecule has 1 unspecified atom stereocenters. The minimum atomic E-state index is -0.213. The molecule has 1 aromatic heterocycles. The van der Waals surface area contributed by atoms with Gasteiger partial charge in [0.2, 0.25) is 11.8 Å². The van der Waals surface area contributed by atoms with Gasteiger partial charge in [0.1, 0.15) is 0 Å². The highest BCUT2D eigenvalue weighted by Gasteiger charge is 2.27. The Bertz CT molecular complexity index is 433. The molecule has 92 valence electrons. The lowest BCUT2D eigenvalue weighted by molar-refractivity contribution is -0.126. The van der Waals surface area contributed by atoms with Crippen LogP contribution in [0.15, 0.2) is 12.1 Å². The molecule has 1 atom stereocenters. The number of nitrogens with one attached hydrogen (secondary N) is 2. The van der Waals surface area contributed by atoms with E-state index in [0.29, 0.717) is 19.5 Å². The summed E-state index contributed by atoms with van der Waals surface area (Å²) in [6.45, 7) is 1.04. The molecule has 17 heavy (non-hydrogen) atoms. The predicted octanol–water partition coefficient (Wildman–Crippen LogP) is 1.20. The van der Waals surface area contributed by atoms with Crippen molar-refractivity contribution in [2.75, 3.05) is 13.1 Å². The number of thiophene rings is 1. The van der Waals surface area contributed by atoms with Gasteiger partial charge in [-0.1, -0.05) is 11.6 Å². The highest BCUT2D eigenvalue weighted by atomic mass is 35.5. The summed E-state index contributed by atoms with van der Waals surface area (Å²) < 4.78 is 0.761. The number of rotatable bonds is 4. The van der Waals surface area contributed by atoms with E-state index in [4.69, 9.17) is 11.6 Å². The van der Waals surface area contributed by atoms with E-state index in [-0.39, 0.29) is 17.7 Å². The molecule has 1 aliphatic rings. The van der Waals surface area contributed by atoms with Gasteiger partial charge in [-0.3, -0.25) is 9.59 Å². The van der Waals surface area contributed by atoms with Crippen LogP contribution in [0.5, 0.6) is 0 Å². The van der Waals surface area contributed by atoms with Gasteiger partial charge in [-0.05, 0) is 18.6 Å². The summed E-state index contributed by atoms with van der Waals surface area (Å²) in [6.07, 6.45) is 1.08. The predicted molar refractivity (Wildman–Crippen MR) is 67.2 cm³/mol. The quantitative estimate of drug-likeness (QED) is 0.865. The molecule has 0 aliphatic carbocycles. The van der Waals surface area contributed by atoms with Gasteiger partial charge in [-0.15, -0.1) is 11.3 Å². The zero-order valence-electron chi connectivity index (χ0n) is 9.16. The maximum Gasteiger partial charge on any atom is 0.225 e. The fourth-order valence-corrected chi connectivity index (χ4v) is 2.82. The Labute approximate surface area is 108 Å². The summed E-state index contributed by atoms with van der Waals surface area (Å²) in [6, 6.07) is 3.81. The summed E-state index contributed by atoms with van der Waals surface area (Å²) in [5.74, 6) is -0.310. The third-order valence-corrected chi connectivity index (χ3v) is 3.94. The third-order valence-electron chi connectivity index (χ3n) is 2.65. The molecule has 4 nitrogen and oxygen atoms in total. The van der Waals surface area contributed by atoms with Crippen molar-refractivity contribution in [1.29, 1.82) is 0 Å². The fourth-order valence-electron chi connectivity index (χ4n) is 1.73. The average molecular weight is 273 g/mol. The van der Waals surface area contributed by atoms with Crippen LogP contribution >= 0.6 is 22.9 Å². The Morgan fingerprint density at radius 3 is 3.00 bits per heavy atom. The van der Waals surface area contributed by atoms with Crippen LogP contribution < -0.4 is 10.6 Å². The van der Waals surface area contributed by atoms with Gasteiger partial charge in [0, 0.05) is 24.4 Å². The molecule has 0 aromatic carbocycles. The maximum absolute atomic E-state index is 11.7. The lowest BCUT2D eigenvalue weighted by Gasteiger charge is -2.08. The van der Waals surface area contributed by atoms with Crippen molar-refractivity contribution in [1.82, 2.24) is 10.6 Å². The van der Waals surface area contributed by atoms with Gasteiger partial charge < -0.3 is 10.6 Å². The van der Waals surface area contributed by atoms with Crippen LogP contribution in [0.25, 0.3) is 0 Å². The first kappa shape index (κ1) is 12.4. The van der Waals surface area contributed by atoms with Gasteiger partial charge in [-0.25, -0.2) is 0 Å². The average Bonchev–Trinajstić information content (AvgIpc) is 2.88. The lowest BCUT2D eigenvalue weighted by atomic mass is 10.1. The molecular formula is C11H13ClN2O2S. The smallest absolute Gasteiger partial charge is 0.225 e. The summed E-state index contributed by atoms with van der Waals surface area (Å²) in [7, 11) is 0. The van der Waals surface area contributed by atoms with E-state index in [9.17, 15) is 9.59 Å². The first-order valence-corrected chi connectivity index (χ1v) is 6.63. The van der Waals surface area contributed by atoms with Crippen molar-refractivity contribution < 1.29 is 9.59 Å². The van der Waals surface area contributed by atoms with E-state index < -0.39 is 0 Å². The summed E-state index contributed by atoms with van der Waals surface area (Å²) in [5.41, 5.74) is 0. The van der Waals surface area contributed by atoms with Crippen LogP contribution in [0, 0.1) is 5.92 Å². The van der Waals surface area contributed by atoms with Crippen LogP contribution in [0.3, 0.4) is 0 Å². The molecule has 6 heteroatoms. The van der Waals surface area contributed by atoms with Crippen LogP contribution in [-0.4, -0.2) is 24.9 Å².